The van der Waals surface area contributed by atoms with E-state index >= 15 is 0 Å². The molecule has 1 aromatic carbocycles. The molecule has 1 aromatic rings. The second-order valence-corrected chi connectivity index (χ2v) is 6.84. The summed E-state index contributed by atoms with van der Waals surface area (Å²) in [5.74, 6) is 0.0422. The quantitative estimate of drug-likeness (QED) is 0.794. The molecular weight excluding hydrogens is 278 g/mol. The summed E-state index contributed by atoms with van der Waals surface area (Å²) in [5.41, 5.74) is 6.71. The molecule has 1 unspecified atom stereocenters. The summed E-state index contributed by atoms with van der Waals surface area (Å²) in [7, 11) is -1.95. The van der Waals surface area contributed by atoms with E-state index in [1.165, 1.54) is 6.07 Å². The van der Waals surface area contributed by atoms with Crippen LogP contribution in [0.3, 0.4) is 0 Å². The van der Waals surface area contributed by atoms with Gasteiger partial charge in [-0.1, -0.05) is 6.07 Å². The van der Waals surface area contributed by atoms with Crippen LogP contribution in [0.25, 0.3) is 0 Å². The predicted octanol–water partition coefficient (Wildman–Crippen LogP) is 0.476. The van der Waals surface area contributed by atoms with Gasteiger partial charge in [-0.05, 0) is 31.0 Å². The van der Waals surface area contributed by atoms with Crippen molar-refractivity contribution < 1.29 is 13.2 Å². The Morgan fingerprint density at radius 3 is 2.75 bits per heavy atom. The van der Waals surface area contributed by atoms with Crippen molar-refractivity contribution in [3.05, 3.63) is 23.8 Å². The van der Waals surface area contributed by atoms with E-state index in [1.54, 1.807) is 31.0 Å². The Balaban J connectivity index is 2.19. The van der Waals surface area contributed by atoms with Crippen LogP contribution in [0.4, 0.5) is 5.69 Å². The van der Waals surface area contributed by atoms with Crippen molar-refractivity contribution in [1.29, 1.82) is 0 Å². The summed E-state index contributed by atoms with van der Waals surface area (Å²) in [5, 5.41) is 0. The number of rotatable bonds is 3. The molecular formula is C13H19N3O3S. The number of nitrogens with one attached hydrogen (secondary N) is 1. The Morgan fingerprint density at radius 2 is 2.10 bits per heavy atom. The van der Waals surface area contributed by atoms with Gasteiger partial charge in [0.2, 0.25) is 15.9 Å². The summed E-state index contributed by atoms with van der Waals surface area (Å²) in [6.45, 7) is 2.12. The van der Waals surface area contributed by atoms with Gasteiger partial charge < -0.3 is 10.6 Å². The maximum Gasteiger partial charge on any atom is 0.241 e. The SMILES string of the molecule is Cc1ccc(N)cc1S(=O)(=O)NC1CCC(=O)N(C)C1. The van der Waals surface area contributed by atoms with Gasteiger partial charge in [0.05, 0.1) is 4.90 Å². The molecule has 7 heteroatoms. The fourth-order valence-corrected chi connectivity index (χ4v) is 3.84. The number of nitrogens with zero attached hydrogens (tertiary/aromatic N) is 1. The standard InChI is InChI=1S/C13H19N3O3S/c1-9-3-4-10(14)7-12(9)20(18,19)15-11-5-6-13(17)16(2)8-11/h3-4,7,11,15H,5-6,8,14H2,1-2H3. The number of likely N-dealkylation sites (N-methyl/N-ethyl adjacent to an activating group) is 1. The van der Waals surface area contributed by atoms with Crippen molar-refractivity contribution in [2.24, 2.45) is 0 Å². The Bertz CT molecular complexity index is 628. The first kappa shape index (κ1) is 14.8. The summed E-state index contributed by atoms with van der Waals surface area (Å²) in [6, 6.07) is 4.54. The molecule has 6 nitrogen and oxygen atoms in total. The van der Waals surface area contributed by atoms with Gasteiger partial charge in [-0.15, -0.1) is 0 Å². The van der Waals surface area contributed by atoms with Crippen molar-refractivity contribution in [2.45, 2.75) is 30.7 Å². The molecule has 2 rings (SSSR count). The van der Waals surface area contributed by atoms with E-state index in [2.05, 4.69) is 4.72 Å². The third-order valence-electron chi connectivity index (χ3n) is 3.45. The molecule has 0 saturated carbocycles. The highest BCUT2D eigenvalue weighted by atomic mass is 32.2. The zero-order chi connectivity index (χ0) is 14.9. The predicted molar refractivity (Wildman–Crippen MR) is 76.6 cm³/mol. The van der Waals surface area contributed by atoms with Gasteiger partial charge in [0.1, 0.15) is 0 Å². The molecule has 1 amide bonds. The number of carbonyl (C=O) groups is 1. The van der Waals surface area contributed by atoms with E-state index in [4.69, 9.17) is 5.73 Å². The van der Waals surface area contributed by atoms with Gasteiger partial charge in [0, 0.05) is 31.7 Å². The normalized spacial score (nSPS) is 20.2. The summed E-state index contributed by atoms with van der Waals surface area (Å²) in [4.78, 5) is 13.1. The number of piperidine rings is 1. The molecule has 0 spiro atoms. The molecule has 1 aliphatic rings. The summed E-state index contributed by atoms with van der Waals surface area (Å²) < 4.78 is 27.4. The van der Waals surface area contributed by atoms with Gasteiger partial charge in [0.15, 0.2) is 0 Å². The van der Waals surface area contributed by atoms with Gasteiger partial charge in [-0.25, -0.2) is 13.1 Å². The van der Waals surface area contributed by atoms with Gasteiger partial charge >= 0.3 is 0 Å². The molecule has 1 saturated heterocycles. The second-order valence-electron chi connectivity index (χ2n) is 5.16. The monoisotopic (exact) mass is 297 g/mol. The maximum atomic E-state index is 12.4. The van der Waals surface area contributed by atoms with E-state index in [1.807, 2.05) is 0 Å². The lowest BCUT2D eigenvalue weighted by molar-refractivity contribution is -0.132. The van der Waals surface area contributed by atoms with E-state index in [0.29, 0.717) is 30.6 Å². The minimum Gasteiger partial charge on any atom is -0.399 e. The summed E-state index contributed by atoms with van der Waals surface area (Å²) in [6.07, 6.45) is 0.878. The molecule has 1 heterocycles. The average Bonchev–Trinajstić information content (AvgIpc) is 2.36. The highest BCUT2D eigenvalue weighted by Crippen LogP contribution is 2.20. The number of likely N-dealkylation sites (tertiary alicyclic amines) is 1. The first-order chi connectivity index (χ1) is 9.29. The molecule has 0 aliphatic carbocycles. The largest absolute Gasteiger partial charge is 0.399 e. The van der Waals surface area contributed by atoms with Gasteiger partial charge in [-0.3, -0.25) is 4.79 Å². The fraction of sp³-hybridized carbons (Fsp3) is 0.462. The van der Waals surface area contributed by atoms with Gasteiger partial charge in [-0.2, -0.15) is 0 Å². The average molecular weight is 297 g/mol. The van der Waals surface area contributed by atoms with Crippen LogP contribution >= 0.6 is 0 Å². The molecule has 1 aliphatic heterocycles. The fourth-order valence-electron chi connectivity index (χ4n) is 2.30. The molecule has 3 N–H and O–H groups in total. The minimum absolute atomic E-state index is 0.0422. The lowest BCUT2D eigenvalue weighted by Crippen LogP contribution is -2.48. The van der Waals surface area contributed by atoms with Crippen LogP contribution in [0.5, 0.6) is 0 Å². The number of aryl methyl sites for hydroxylation is 1. The number of anilines is 1. The molecule has 0 radical (unpaired) electrons. The number of sulfonamides is 1. The zero-order valence-corrected chi connectivity index (χ0v) is 12.4. The van der Waals surface area contributed by atoms with Crippen LogP contribution in [0.2, 0.25) is 0 Å². The topological polar surface area (TPSA) is 92.5 Å². The number of nitrogens with two attached hydrogens (primary N) is 1. The van der Waals surface area contributed by atoms with Crippen LogP contribution in [0, 0.1) is 6.92 Å². The molecule has 0 aromatic heterocycles. The van der Waals surface area contributed by atoms with Crippen molar-refractivity contribution in [3.8, 4) is 0 Å². The Labute approximate surface area is 119 Å². The van der Waals surface area contributed by atoms with Crippen LogP contribution < -0.4 is 10.5 Å². The molecule has 1 atom stereocenters. The smallest absolute Gasteiger partial charge is 0.241 e. The zero-order valence-electron chi connectivity index (χ0n) is 11.6. The van der Waals surface area contributed by atoms with E-state index in [0.717, 1.165) is 0 Å². The highest BCUT2D eigenvalue weighted by Gasteiger charge is 2.27. The number of nitrogen functional groups attached to an aromatic ring is 1. The molecule has 20 heavy (non-hydrogen) atoms. The maximum absolute atomic E-state index is 12.4. The molecule has 1 fully saturated rings. The number of hydrogen-bond donors (Lipinski definition) is 2. The molecule has 110 valence electrons. The Kier molecular flexibility index (Phi) is 4.01. The first-order valence-electron chi connectivity index (χ1n) is 6.42. The van der Waals surface area contributed by atoms with E-state index in [-0.39, 0.29) is 16.8 Å². The van der Waals surface area contributed by atoms with E-state index in [9.17, 15) is 13.2 Å². The lowest BCUT2D eigenvalue weighted by Gasteiger charge is -2.30. The number of amides is 1. The van der Waals surface area contributed by atoms with Crippen molar-refractivity contribution in [1.82, 2.24) is 9.62 Å². The van der Waals surface area contributed by atoms with Crippen LogP contribution in [0.15, 0.2) is 23.1 Å². The lowest BCUT2D eigenvalue weighted by atomic mass is 10.1. The summed E-state index contributed by atoms with van der Waals surface area (Å²) >= 11 is 0. The Morgan fingerprint density at radius 1 is 1.40 bits per heavy atom. The third-order valence-corrected chi connectivity index (χ3v) is 5.11. The van der Waals surface area contributed by atoms with Crippen molar-refractivity contribution in [2.75, 3.05) is 19.3 Å². The van der Waals surface area contributed by atoms with Crippen LogP contribution in [0.1, 0.15) is 18.4 Å². The van der Waals surface area contributed by atoms with Gasteiger partial charge in [0.25, 0.3) is 0 Å². The third kappa shape index (κ3) is 3.10. The first-order valence-corrected chi connectivity index (χ1v) is 7.90. The molecule has 0 bridgehead atoms. The van der Waals surface area contributed by atoms with E-state index < -0.39 is 10.0 Å². The number of carbonyl (C=O) groups excluding carboxylic acids is 1. The van der Waals surface area contributed by atoms with Crippen LogP contribution in [-0.2, 0) is 14.8 Å². The van der Waals surface area contributed by atoms with Crippen LogP contribution in [-0.4, -0.2) is 38.9 Å². The number of hydrogen-bond acceptors (Lipinski definition) is 4. The second kappa shape index (κ2) is 5.41. The number of benzene rings is 1. The van der Waals surface area contributed by atoms with Crippen molar-refractivity contribution >= 4 is 21.6 Å². The van der Waals surface area contributed by atoms with Crippen molar-refractivity contribution in [3.63, 3.8) is 0 Å². The minimum atomic E-state index is -3.62. The highest BCUT2D eigenvalue weighted by molar-refractivity contribution is 7.89. The Hall–Kier alpha value is -1.60.